The molecule has 164 valence electrons. The molecule has 1 heterocycles. The highest BCUT2D eigenvalue weighted by Crippen LogP contribution is 2.26. The molecule has 1 N–H and O–H groups in total. The third kappa shape index (κ3) is 5.78. The number of amides is 2. The molecular weight excluding hydrogens is 410 g/mol. The normalized spacial score (nSPS) is 14.8. The van der Waals surface area contributed by atoms with E-state index in [1.165, 1.54) is 37.3 Å². The van der Waals surface area contributed by atoms with E-state index in [1.54, 1.807) is 23.1 Å². The standard InChI is InChI=1S/C22H22F2N2O5/c1-14(20(28)25-17-6-2-3-7-18(17)31-22(23)24)30-21(29)15-9-11-16(12-10-15)26-13-5-4-8-19(26)27/h2-3,6-7,9-12,14,22H,4-5,8,13H2,1H3,(H,25,28). The third-order valence-corrected chi connectivity index (χ3v) is 4.75. The van der Waals surface area contributed by atoms with E-state index in [9.17, 15) is 23.2 Å². The van der Waals surface area contributed by atoms with Crippen LogP contribution in [-0.4, -0.2) is 37.0 Å². The van der Waals surface area contributed by atoms with Crippen LogP contribution in [0.2, 0.25) is 0 Å². The number of esters is 1. The van der Waals surface area contributed by atoms with Gasteiger partial charge in [0, 0.05) is 18.7 Å². The van der Waals surface area contributed by atoms with Crippen molar-refractivity contribution in [2.75, 3.05) is 16.8 Å². The van der Waals surface area contributed by atoms with Gasteiger partial charge in [-0.25, -0.2) is 4.79 Å². The average Bonchev–Trinajstić information content (AvgIpc) is 2.75. The van der Waals surface area contributed by atoms with Crippen molar-refractivity contribution in [3.8, 4) is 5.75 Å². The highest BCUT2D eigenvalue weighted by atomic mass is 19.3. The largest absolute Gasteiger partial charge is 0.449 e. The van der Waals surface area contributed by atoms with Crippen LogP contribution in [0.5, 0.6) is 5.75 Å². The quantitative estimate of drug-likeness (QED) is 0.669. The van der Waals surface area contributed by atoms with Gasteiger partial charge < -0.3 is 19.7 Å². The number of carbonyl (C=O) groups excluding carboxylic acids is 3. The Morgan fingerprint density at radius 2 is 1.77 bits per heavy atom. The smallest absolute Gasteiger partial charge is 0.387 e. The Labute approximate surface area is 177 Å². The predicted molar refractivity (Wildman–Crippen MR) is 109 cm³/mol. The SMILES string of the molecule is CC(OC(=O)c1ccc(N2CCCCC2=O)cc1)C(=O)Nc1ccccc1OC(F)F. The molecule has 0 radical (unpaired) electrons. The number of piperidine rings is 1. The number of ether oxygens (including phenoxy) is 2. The lowest BCUT2D eigenvalue weighted by Gasteiger charge is -2.26. The van der Waals surface area contributed by atoms with Crippen LogP contribution in [0, 0.1) is 0 Å². The van der Waals surface area contributed by atoms with Crippen molar-refractivity contribution in [2.45, 2.75) is 38.9 Å². The van der Waals surface area contributed by atoms with Crippen LogP contribution in [0.25, 0.3) is 0 Å². The minimum absolute atomic E-state index is 0.0336. The summed E-state index contributed by atoms with van der Waals surface area (Å²) in [6, 6.07) is 12.1. The second-order valence-corrected chi connectivity index (χ2v) is 6.96. The first kappa shape index (κ1) is 22.2. The van der Waals surface area contributed by atoms with Crippen LogP contribution in [0.15, 0.2) is 48.5 Å². The van der Waals surface area contributed by atoms with Crippen LogP contribution < -0.4 is 15.0 Å². The Kier molecular flexibility index (Phi) is 7.17. The fourth-order valence-electron chi connectivity index (χ4n) is 3.14. The molecule has 1 saturated heterocycles. The Balaban J connectivity index is 1.60. The fourth-order valence-corrected chi connectivity index (χ4v) is 3.14. The summed E-state index contributed by atoms with van der Waals surface area (Å²) in [7, 11) is 0. The van der Waals surface area contributed by atoms with Gasteiger partial charge in [-0.05, 0) is 56.2 Å². The number of rotatable bonds is 7. The number of benzene rings is 2. The fraction of sp³-hybridized carbons (Fsp3) is 0.318. The molecule has 2 aromatic carbocycles. The van der Waals surface area contributed by atoms with E-state index in [0.717, 1.165) is 12.8 Å². The Hall–Kier alpha value is -3.49. The number of para-hydroxylation sites is 2. The summed E-state index contributed by atoms with van der Waals surface area (Å²) in [5.41, 5.74) is 0.947. The lowest BCUT2D eigenvalue weighted by Crippen LogP contribution is -2.35. The summed E-state index contributed by atoms with van der Waals surface area (Å²) in [6.07, 6.45) is 1.11. The van der Waals surface area contributed by atoms with Gasteiger partial charge in [-0.3, -0.25) is 9.59 Å². The van der Waals surface area contributed by atoms with Crippen molar-refractivity contribution in [1.29, 1.82) is 0 Å². The Morgan fingerprint density at radius 1 is 1.06 bits per heavy atom. The predicted octanol–water partition coefficient (Wildman–Crippen LogP) is 3.99. The lowest BCUT2D eigenvalue weighted by atomic mass is 10.1. The molecule has 7 nitrogen and oxygen atoms in total. The molecule has 0 aromatic heterocycles. The van der Waals surface area contributed by atoms with E-state index < -0.39 is 24.6 Å². The van der Waals surface area contributed by atoms with E-state index in [1.807, 2.05) is 0 Å². The third-order valence-electron chi connectivity index (χ3n) is 4.75. The summed E-state index contributed by atoms with van der Waals surface area (Å²) in [5.74, 6) is -1.58. The van der Waals surface area contributed by atoms with Crippen molar-refractivity contribution in [3.63, 3.8) is 0 Å². The van der Waals surface area contributed by atoms with Crippen LogP contribution in [-0.2, 0) is 14.3 Å². The maximum absolute atomic E-state index is 12.5. The first-order valence-corrected chi connectivity index (χ1v) is 9.81. The highest BCUT2D eigenvalue weighted by Gasteiger charge is 2.22. The number of carbonyl (C=O) groups is 3. The number of alkyl halides is 2. The lowest BCUT2D eigenvalue weighted by molar-refractivity contribution is -0.124. The summed E-state index contributed by atoms with van der Waals surface area (Å²) >= 11 is 0. The minimum atomic E-state index is -3.04. The highest BCUT2D eigenvalue weighted by molar-refractivity contribution is 5.99. The molecule has 0 spiro atoms. The van der Waals surface area contributed by atoms with E-state index in [0.29, 0.717) is 18.7 Å². The van der Waals surface area contributed by atoms with Crippen LogP contribution in [0.1, 0.15) is 36.5 Å². The number of hydrogen-bond acceptors (Lipinski definition) is 5. The molecule has 1 aliphatic rings. The van der Waals surface area contributed by atoms with Crippen LogP contribution >= 0.6 is 0 Å². The molecule has 2 amide bonds. The van der Waals surface area contributed by atoms with Gasteiger partial charge in [0.1, 0.15) is 5.75 Å². The monoisotopic (exact) mass is 432 g/mol. The van der Waals surface area contributed by atoms with Gasteiger partial charge in [0.2, 0.25) is 5.91 Å². The van der Waals surface area contributed by atoms with Gasteiger partial charge in [-0.15, -0.1) is 0 Å². The molecular formula is C22H22F2N2O5. The summed E-state index contributed by atoms with van der Waals surface area (Å²) < 4.78 is 34.5. The molecule has 1 atom stereocenters. The first-order chi connectivity index (χ1) is 14.8. The van der Waals surface area contributed by atoms with Crippen molar-refractivity contribution < 1.29 is 32.6 Å². The van der Waals surface area contributed by atoms with Crippen molar-refractivity contribution in [1.82, 2.24) is 0 Å². The second kappa shape index (κ2) is 10.0. The van der Waals surface area contributed by atoms with E-state index in [2.05, 4.69) is 10.1 Å². The first-order valence-electron chi connectivity index (χ1n) is 9.81. The van der Waals surface area contributed by atoms with Gasteiger partial charge in [0.25, 0.3) is 5.91 Å². The summed E-state index contributed by atoms with van der Waals surface area (Å²) in [5, 5.41) is 2.41. The van der Waals surface area contributed by atoms with E-state index in [-0.39, 0.29) is 22.9 Å². The number of halogens is 2. The molecule has 31 heavy (non-hydrogen) atoms. The summed E-state index contributed by atoms with van der Waals surface area (Å²) in [6.45, 7) is -1.04. The zero-order valence-electron chi connectivity index (χ0n) is 16.8. The van der Waals surface area contributed by atoms with E-state index >= 15 is 0 Å². The summed E-state index contributed by atoms with van der Waals surface area (Å²) in [4.78, 5) is 38.4. The molecule has 1 fully saturated rings. The van der Waals surface area contributed by atoms with Crippen LogP contribution in [0.3, 0.4) is 0 Å². The van der Waals surface area contributed by atoms with Gasteiger partial charge >= 0.3 is 12.6 Å². The zero-order chi connectivity index (χ0) is 22.4. The molecule has 0 bridgehead atoms. The Morgan fingerprint density at radius 3 is 2.45 bits per heavy atom. The average molecular weight is 432 g/mol. The minimum Gasteiger partial charge on any atom is -0.449 e. The maximum Gasteiger partial charge on any atom is 0.387 e. The van der Waals surface area contributed by atoms with Gasteiger partial charge in [-0.1, -0.05) is 12.1 Å². The Bertz CT molecular complexity index is 949. The van der Waals surface area contributed by atoms with Gasteiger partial charge in [0.15, 0.2) is 6.10 Å². The second-order valence-electron chi connectivity index (χ2n) is 6.96. The molecule has 1 aliphatic heterocycles. The van der Waals surface area contributed by atoms with Gasteiger partial charge in [0.05, 0.1) is 11.3 Å². The zero-order valence-corrected chi connectivity index (χ0v) is 16.8. The molecule has 2 aromatic rings. The van der Waals surface area contributed by atoms with Gasteiger partial charge in [-0.2, -0.15) is 8.78 Å². The number of nitrogens with zero attached hydrogens (tertiary/aromatic N) is 1. The molecule has 0 aliphatic carbocycles. The van der Waals surface area contributed by atoms with Crippen molar-refractivity contribution in [3.05, 3.63) is 54.1 Å². The molecule has 3 rings (SSSR count). The molecule has 0 saturated carbocycles. The maximum atomic E-state index is 12.5. The number of nitrogens with one attached hydrogen (secondary N) is 1. The number of anilines is 2. The van der Waals surface area contributed by atoms with Crippen molar-refractivity contribution >= 4 is 29.2 Å². The van der Waals surface area contributed by atoms with E-state index in [4.69, 9.17) is 4.74 Å². The topological polar surface area (TPSA) is 84.9 Å². The van der Waals surface area contributed by atoms with Crippen molar-refractivity contribution in [2.24, 2.45) is 0 Å². The molecule has 1 unspecified atom stereocenters. The number of hydrogen-bond donors (Lipinski definition) is 1. The molecule has 9 heteroatoms. The van der Waals surface area contributed by atoms with Crippen LogP contribution in [0.4, 0.5) is 20.2 Å².